The number of methoxy groups -OCH3 is 1. The van der Waals surface area contributed by atoms with E-state index in [1.807, 2.05) is 11.0 Å². The molecule has 146 valence electrons. The molecule has 2 atom stereocenters. The van der Waals surface area contributed by atoms with Gasteiger partial charge in [-0.3, -0.25) is 4.79 Å². The van der Waals surface area contributed by atoms with Crippen LogP contribution < -0.4 is 4.74 Å². The lowest BCUT2D eigenvalue weighted by Gasteiger charge is -2.29. The number of ether oxygens (including phenoxy) is 2. The van der Waals surface area contributed by atoms with E-state index in [0.717, 1.165) is 12.0 Å². The second-order valence-electron chi connectivity index (χ2n) is 7.81. The first-order valence-corrected chi connectivity index (χ1v) is 9.10. The number of aromatic hydroxyl groups is 1. The van der Waals surface area contributed by atoms with E-state index in [0.29, 0.717) is 18.8 Å². The number of phenols is 1. The van der Waals surface area contributed by atoms with Crippen LogP contribution in [0.15, 0.2) is 18.2 Å². The van der Waals surface area contributed by atoms with Gasteiger partial charge in [-0.2, -0.15) is 0 Å². The summed E-state index contributed by atoms with van der Waals surface area (Å²) >= 11 is 0. The number of hydrogen-bond donors (Lipinski definition) is 2. The molecule has 0 radical (unpaired) electrons. The summed E-state index contributed by atoms with van der Waals surface area (Å²) in [6.07, 6.45) is 1.17. The van der Waals surface area contributed by atoms with Crippen LogP contribution in [0.2, 0.25) is 0 Å². The highest BCUT2D eigenvalue weighted by Crippen LogP contribution is 2.46. The highest BCUT2D eigenvalue weighted by molar-refractivity contribution is 5.77. The van der Waals surface area contributed by atoms with Gasteiger partial charge in [-0.25, -0.2) is 0 Å². The fourth-order valence-corrected chi connectivity index (χ4v) is 3.58. The van der Waals surface area contributed by atoms with Crippen molar-refractivity contribution in [2.75, 3.05) is 26.8 Å². The molecule has 0 saturated carbocycles. The van der Waals surface area contributed by atoms with Crippen molar-refractivity contribution in [2.45, 2.75) is 52.2 Å². The minimum Gasteiger partial charge on any atom is -0.504 e. The molecule has 2 N–H and O–H groups in total. The Labute approximate surface area is 155 Å². The zero-order valence-electron chi connectivity index (χ0n) is 16.4. The van der Waals surface area contributed by atoms with Crippen LogP contribution in [-0.2, 0) is 9.53 Å². The minimum absolute atomic E-state index is 0.0224. The Morgan fingerprint density at radius 3 is 2.65 bits per heavy atom. The zero-order chi connectivity index (χ0) is 19.5. The Morgan fingerprint density at radius 1 is 1.42 bits per heavy atom. The van der Waals surface area contributed by atoms with Crippen molar-refractivity contribution >= 4 is 5.91 Å². The van der Waals surface area contributed by atoms with E-state index >= 15 is 0 Å². The summed E-state index contributed by atoms with van der Waals surface area (Å²) in [5, 5.41) is 19.7. The molecule has 1 aliphatic heterocycles. The summed E-state index contributed by atoms with van der Waals surface area (Å²) in [5.74, 6) is -0.502. The lowest BCUT2D eigenvalue weighted by Crippen LogP contribution is -2.33. The molecule has 0 aromatic heterocycles. The van der Waals surface area contributed by atoms with E-state index in [1.165, 1.54) is 7.11 Å². The van der Waals surface area contributed by atoms with Gasteiger partial charge in [0, 0.05) is 19.0 Å². The predicted octanol–water partition coefficient (Wildman–Crippen LogP) is 2.88. The fourth-order valence-electron chi connectivity index (χ4n) is 3.58. The van der Waals surface area contributed by atoms with Crippen molar-refractivity contribution in [3.63, 3.8) is 0 Å². The number of hydrogen-bond acceptors (Lipinski definition) is 5. The average Bonchev–Trinajstić information content (AvgIpc) is 2.92. The largest absolute Gasteiger partial charge is 0.504 e. The maximum atomic E-state index is 12.6. The molecule has 2 rings (SSSR count). The van der Waals surface area contributed by atoms with E-state index in [1.54, 1.807) is 26.0 Å². The van der Waals surface area contributed by atoms with Crippen molar-refractivity contribution in [1.82, 2.24) is 4.90 Å². The van der Waals surface area contributed by atoms with Crippen LogP contribution in [0.3, 0.4) is 0 Å². The highest BCUT2D eigenvalue weighted by atomic mass is 16.6. The van der Waals surface area contributed by atoms with Crippen LogP contribution in [0.4, 0.5) is 0 Å². The van der Waals surface area contributed by atoms with Crippen molar-refractivity contribution < 1.29 is 24.5 Å². The van der Waals surface area contributed by atoms with Crippen LogP contribution in [0.25, 0.3) is 0 Å². The fraction of sp³-hybridized carbons (Fsp3) is 0.650. The third-order valence-corrected chi connectivity index (χ3v) is 5.33. The third-order valence-electron chi connectivity index (χ3n) is 5.33. The molecular weight excluding hydrogens is 334 g/mol. The molecule has 1 aromatic carbocycles. The second kappa shape index (κ2) is 7.84. The van der Waals surface area contributed by atoms with Crippen molar-refractivity contribution in [3.05, 3.63) is 23.8 Å². The van der Waals surface area contributed by atoms with Crippen LogP contribution in [0.1, 0.15) is 52.0 Å². The van der Waals surface area contributed by atoms with Gasteiger partial charge in [-0.1, -0.05) is 19.9 Å². The monoisotopic (exact) mass is 365 g/mol. The first-order valence-electron chi connectivity index (χ1n) is 9.10. The van der Waals surface area contributed by atoms with Gasteiger partial charge in [0.2, 0.25) is 5.91 Å². The molecule has 1 heterocycles. The highest BCUT2D eigenvalue weighted by Gasteiger charge is 2.44. The average molecular weight is 365 g/mol. The Morgan fingerprint density at radius 2 is 2.12 bits per heavy atom. The summed E-state index contributed by atoms with van der Waals surface area (Å²) < 4.78 is 10.4. The van der Waals surface area contributed by atoms with Gasteiger partial charge < -0.3 is 24.6 Å². The molecule has 0 bridgehead atoms. The molecule has 6 nitrogen and oxygen atoms in total. The third kappa shape index (κ3) is 4.68. The second-order valence-corrected chi connectivity index (χ2v) is 7.81. The number of phenolic OH excluding ortho intramolecular Hbond substituents is 1. The summed E-state index contributed by atoms with van der Waals surface area (Å²) in [6, 6.07) is 5.47. The van der Waals surface area contributed by atoms with E-state index < -0.39 is 5.79 Å². The molecule has 0 spiro atoms. The molecular formula is C20H31NO5. The molecule has 1 fully saturated rings. The molecule has 2 unspecified atom stereocenters. The molecule has 1 aliphatic rings. The quantitative estimate of drug-likeness (QED) is 0.727. The number of carbonyl (C=O) groups excluding carboxylic acids is 1. The topological polar surface area (TPSA) is 79.2 Å². The number of amides is 1. The van der Waals surface area contributed by atoms with E-state index in [-0.39, 0.29) is 36.0 Å². The van der Waals surface area contributed by atoms with E-state index in [4.69, 9.17) is 9.47 Å². The number of benzene rings is 1. The van der Waals surface area contributed by atoms with Crippen molar-refractivity contribution in [1.29, 1.82) is 0 Å². The maximum Gasteiger partial charge on any atom is 0.224 e. The van der Waals surface area contributed by atoms with Crippen molar-refractivity contribution in [3.8, 4) is 11.5 Å². The Kier molecular flexibility index (Phi) is 6.19. The standard InChI is InChI=1S/C20H31NO5/c1-6-20(4)13-21(18(23)9-10-26-19(2,3)24)12-15(20)14-7-8-17(25-5)16(22)11-14/h7-8,11,15,22,24H,6,9-10,12-13H2,1-5H3. The van der Waals surface area contributed by atoms with Gasteiger partial charge in [0.25, 0.3) is 0 Å². The lowest BCUT2D eigenvalue weighted by molar-refractivity contribution is -0.178. The number of likely N-dealkylation sites (tertiary alicyclic amines) is 1. The van der Waals surface area contributed by atoms with Crippen molar-refractivity contribution in [2.24, 2.45) is 5.41 Å². The molecule has 6 heteroatoms. The number of nitrogens with zero attached hydrogens (tertiary/aromatic N) is 1. The van der Waals surface area contributed by atoms with Gasteiger partial charge in [-0.15, -0.1) is 0 Å². The summed E-state index contributed by atoms with van der Waals surface area (Å²) in [6.45, 7) is 8.87. The first kappa shape index (κ1) is 20.5. The van der Waals surface area contributed by atoms with Gasteiger partial charge in [0.15, 0.2) is 17.3 Å². The molecule has 1 aromatic rings. The minimum atomic E-state index is -1.23. The summed E-state index contributed by atoms with van der Waals surface area (Å²) in [4.78, 5) is 14.4. The molecule has 1 saturated heterocycles. The Balaban J connectivity index is 2.11. The SMILES string of the molecule is CCC1(C)CN(C(=O)CCOC(C)(C)O)CC1c1ccc(OC)c(O)c1. The normalized spacial score (nSPS) is 23.3. The lowest BCUT2D eigenvalue weighted by atomic mass is 9.74. The number of rotatable bonds is 7. The smallest absolute Gasteiger partial charge is 0.224 e. The van der Waals surface area contributed by atoms with Gasteiger partial charge in [-0.05, 0) is 43.4 Å². The number of aliphatic hydroxyl groups is 1. The van der Waals surface area contributed by atoms with Gasteiger partial charge in [0.1, 0.15) is 0 Å². The Hall–Kier alpha value is -1.79. The molecule has 0 aliphatic carbocycles. The van der Waals surface area contributed by atoms with Gasteiger partial charge in [0.05, 0.1) is 20.1 Å². The zero-order valence-corrected chi connectivity index (χ0v) is 16.4. The summed E-state index contributed by atoms with van der Waals surface area (Å²) in [5.41, 5.74) is 0.948. The van der Waals surface area contributed by atoms with E-state index in [2.05, 4.69) is 13.8 Å². The van der Waals surface area contributed by atoms with Crippen LogP contribution >= 0.6 is 0 Å². The molecule has 1 amide bonds. The van der Waals surface area contributed by atoms with Crippen LogP contribution in [-0.4, -0.2) is 53.6 Å². The van der Waals surface area contributed by atoms with Gasteiger partial charge >= 0.3 is 0 Å². The van der Waals surface area contributed by atoms with E-state index in [9.17, 15) is 15.0 Å². The first-order chi connectivity index (χ1) is 12.1. The maximum absolute atomic E-state index is 12.6. The van der Waals surface area contributed by atoms with Crippen LogP contribution in [0.5, 0.6) is 11.5 Å². The number of carbonyl (C=O) groups is 1. The molecule has 26 heavy (non-hydrogen) atoms. The predicted molar refractivity (Wildman–Crippen MR) is 99.2 cm³/mol. The van der Waals surface area contributed by atoms with Crippen LogP contribution in [0, 0.1) is 5.41 Å². The summed E-state index contributed by atoms with van der Waals surface area (Å²) in [7, 11) is 1.52. The Bertz CT molecular complexity index is 640.